The van der Waals surface area contributed by atoms with Gasteiger partial charge in [-0.2, -0.15) is 0 Å². The van der Waals surface area contributed by atoms with Crippen LogP contribution in [0.1, 0.15) is 16.7 Å². The number of aromatic hydroxyl groups is 1. The monoisotopic (exact) mass is 341 g/mol. The van der Waals surface area contributed by atoms with Gasteiger partial charge < -0.3 is 5.11 Å². The van der Waals surface area contributed by atoms with Gasteiger partial charge in [0.25, 0.3) is 5.91 Å². The van der Waals surface area contributed by atoms with Gasteiger partial charge in [-0.3, -0.25) is 9.69 Å². The highest BCUT2D eigenvalue weighted by molar-refractivity contribution is 8.26. The Morgan fingerprint density at radius 1 is 1.13 bits per heavy atom. The number of phenols is 1. The molecule has 0 aromatic heterocycles. The second kappa shape index (κ2) is 6.56. The molecule has 1 amide bonds. The van der Waals surface area contributed by atoms with Crippen molar-refractivity contribution in [3.63, 3.8) is 0 Å². The van der Waals surface area contributed by atoms with E-state index in [9.17, 15) is 9.90 Å². The highest BCUT2D eigenvalue weighted by Crippen LogP contribution is 2.33. The van der Waals surface area contributed by atoms with Gasteiger partial charge in [-0.15, -0.1) is 0 Å². The first-order valence-electron chi connectivity index (χ1n) is 7.13. The number of aryl methyl sites for hydroxylation is 1. The van der Waals surface area contributed by atoms with E-state index in [4.69, 9.17) is 12.2 Å². The van der Waals surface area contributed by atoms with Crippen molar-refractivity contribution >= 4 is 40.3 Å². The van der Waals surface area contributed by atoms with Gasteiger partial charge in [0, 0.05) is 0 Å². The highest BCUT2D eigenvalue weighted by atomic mass is 32.2. The van der Waals surface area contributed by atoms with E-state index in [-0.39, 0.29) is 11.7 Å². The number of thiocarbonyl (C=S) groups is 1. The van der Waals surface area contributed by atoms with E-state index in [1.165, 1.54) is 17.3 Å². The fourth-order valence-electron chi connectivity index (χ4n) is 2.23. The molecule has 23 heavy (non-hydrogen) atoms. The quantitative estimate of drug-likeness (QED) is 0.674. The molecule has 1 saturated heterocycles. The van der Waals surface area contributed by atoms with E-state index in [0.717, 1.165) is 11.1 Å². The van der Waals surface area contributed by atoms with Gasteiger partial charge in [0.05, 0.1) is 11.4 Å². The second-order valence-electron chi connectivity index (χ2n) is 5.34. The molecule has 1 N–H and O–H groups in total. The Labute approximate surface area is 144 Å². The minimum Gasteiger partial charge on any atom is -0.508 e. The zero-order valence-corrected chi connectivity index (χ0v) is 14.2. The van der Waals surface area contributed by atoms with Crippen LogP contribution >= 0.6 is 24.0 Å². The lowest BCUT2D eigenvalue weighted by atomic mass is 10.1. The van der Waals surface area contributed by atoms with Crippen molar-refractivity contribution in [1.82, 2.24) is 4.90 Å². The number of carbonyl (C=O) groups excluding carboxylic acids is 1. The third-order valence-corrected chi connectivity index (χ3v) is 4.90. The summed E-state index contributed by atoms with van der Waals surface area (Å²) in [5.41, 5.74) is 3.10. The van der Waals surface area contributed by atoms with Crippen LogP contribution in [0, 0.1) is 6.92 Å². The molecule has 0 radical (unpaired) electrons. The fourth-order valence-corrected chi connectivity index (χ4v) is 3.49. The summed E-state index contributed by atoms with van der Waals surface area (Å²) in [4.78, 5) is 14.8. The fraction of sp³-hybridized carbons (Fsp3) is 0.111. The number of nitrogens with zero attached hydrogens (tertiary/aromatic N) is 1. The van der Waals surface area contributed by atoms with Crippen molar-refractivity contribution in [2.75, 3.05) is 0 Å². The van der Waals surface area contributed by atoms with Gasteiger partial charge in [0.1, 0.15) is 10.1 Å². The summed E-state index contributed by atoms with van der Waals surface area (Å²) < 4.78 is 0.570. The molecule has 1 aliphatic heterocycles. The van der Waals surface area contributed by atoms with E-state index in [0.29, 0.717) is 15.8 Å². The van der Waals surface area contributed by atoms with E-state index in [2.05, 4.69) is 0 Å². The van der Waals surface area contributed by atoms with Crippen LogP contribution in [0.4, 0.5) is 0 Å². The molecule has 3 rings (SSSR count). The number of amides is 1. The average Bonchev–Trinajstić information content (AvgIpc) is 2.79. The van der Waals surface area contributed by atoms with Gasteiger partial charge in [0.2, 0.25) is 0 Å². The van der Waals surface area contributed by atoms with Crippen molar-refractivity contribution in [2.45, 2.75) is 13.5 Å². The van der Waals surface area contributed by atoms with Crippen molar-refractivity contribution in [2.24, 2.45) is 0 Å². The Balaban J connectivity index is 1.79. The van der Waals surface area contributed by atoms with Crippen LogP contribution in [-0.2, 0) is 11.3 Å². The molecule has 116 valence electrons. The van der Waals surface area contributed by atoms with Gasteiger partial charge in [-0.05, 0) is 36.3 Å². The average molecular weight is 341 g/mol. The van der Waals surface area contributed by atoms with Gasteiger partial charge in [-0.1, -0.05) is 65.9 Å². The van der Waals surface area contributed by atoms with E-state index in [1.807, 2.05) is 31.2 Å². The second-order valence-corrected chi connectivity index (χ2v) is 7.02. The maximum absolute atomic E-state index is 12.6. The van der Waals surface area contributed by atoms with Crippen LogP contribution in [0.5, 0.6) is 5.75 Å². The normalized spacial score (nSPS) is 16.4. The first-order chi connectivity index (χ1) is 11.0. The number of rotatable bonds is 3. The molecular weight excluding hydrogens is 326 g/mol. The highest BCUT2D eigenvalue weighted by Gasteiger charge is 2.31. The number of thioether (sulfide) groups is 1. The molecule has 0 atom stereocenters. The number of phenolic OH excluding ortho intramolecular Hbond substituents is 1. The van der Waals surface area contributed by atoms with Crippen molar-refractivity contribution < 1.29 is 9.90 Å². The molecule has 0 saturated carbocycles. The Hall–Kier alpha value is -2.11. The number of hydrogen-bond donors (Lipinski definition) is 1. The molecule has 2 aromatic rings. The van der Waals surface area contributed by atoms with Gasteiger partial charge in [0.15, 0.2) is 0 Å². The number of carbonyl (C=O) groups is 1. The summed E-state index contributed by atoms with van der Waals surface area (Å²) in [6, 6.07) is 14.8. The van der Waals surface area contributed by atoms with Gasteiger partial charge in [-0.25, -0.2) is 0 Å². The van der Waals surface area contributed by atoms with Crippen LogP contribution in [0.3, 0.4) is 0 Å². The summed E-state index contributed by atoms with van der Waals surface area (Å²) in [7, 11) is 0. The van der Waals surface area contributed by atoms with Crippen molar-refractivity contribution in [3.05, 3.63) is 70.1 Å². The lowest BCUT2D eigenvalue weighted by Crippen LogP contribution is -2.27. The Morgan fingerprint density at radius 2 is 1.78 bits per heavy atom. The number of benzene rings is 2. The predicted molar refractivity (Wildman–Crippen MR) is 98.0 cm³/mol. The zero-order valence-electron chi connectivity index (χ0n) is 12.5. The third-order valence-electron chi connectivity index (χ3n) is 3.53. The third kappa shape index (κ3) is 3.63. The largest absolute Gasteiger partial charge is 0.508 e. The number of hydrogen-bond acceptors (Lipinski definition) is 4. The zero-order chi connectivity index (χ0) is 16.4. The molecule has 1 aliphatic rings. The molecule has 2 aromatic carbocycles. The topological polar surface area (TPSA) is 40.5 Å². The van der Waals surface area contributed by atoms with E-state index < -0.39 is 0 Å². The van der Waals surface area contributed by atoms with Crippen molar-refractivity contribution in [3.8, 4) is 5.75 Å². The van der Waals surface area contributed by atoms with Crippen LogP contribution < -0.4 is 0 Å². The molecule has 5 heteroatoms. The lowest BCUT2D eigenvalue weighted by molar-refractivity contribution is -0.122. The maximum Gasteiger partial charge on any atom is 0.266 e. The molecule has 0 spiro atoms. The first-order valence-corrected chi connectivity index (χ1v) is 8.35. The smallest absolute Gasteiger partial charge is 0.266 e. The van der Waals surface area contributed by atoms with E-state index >= 15 is 0 Å². The van der Waals surface area contributed by atoms with Crippen molar-refractivity contribution in [1.29, 1.82) is 0 Å². The van der Waals surface area contributed by atoms with Gasteiger partial charge >= 0.3 is 0 Å². The molecule has 0 aliphatic carbocycles. The SMILES string of the molecule is Cc1ccc(CN2C(=O)C(=Cc3ccc(O)cc3)SC2=S)cc1. The standard InChI is InChI=1S/C18H15NO2S2/c1-12-2-4-14(5-3-12)11-19-17(21)16(23-18(19)22)10-13-6-8-15(20)9-7-13/h2-10,20H,11H2,1H3. The predicted octanol–water partition coefficient (Wildman–Crippen LogP) is 4.10. The summed E-state index contributed by atoms with van der Waals surface area (Å²) in [5.74, 6) is 0.128. The minimum atomic E-state index is -0.0753. The van der Waals surface area contributed by atoms with Crippen LogP contribution in [0.2, 0.25) is 0 Å². The lowest BCUT2D eigenvalue weighted by Gasteiger charge is -2.14. The summed E-state index contributed by atoms with van der Waals surface area (Å²) >= 11 is 6.65. The van der Waals surface area contributed by atoms with E-state index in [1.54, 1.807) is 35.2 Å². The van der Waals surface area contributed by atoms with Crippen LogP contribution in [0.15, 0.2) is 53.4 Å². The molecule has 3 nitrogen and oxygen atoms in total. The summed E-state index contributed by atoms with van der Waals surface area (Å²) in [5, 5.41) is 9.32. The molecule has 1 heterocycles. The Kier molecular flexibility index (Phi) is 4.50. The molecule has 1 fully saturated rings. The van der Waals surface area contributed by atoms with Crippen LogP contribution in [0.25, 0.3) is 6.08 Å². The first kappa shape index (κ1) is 15.8. The summed E-state index contributed by atoms with van der Waals surface area (Å²) in [6.07, 6.45) is 1.80. The summed E-state index contributed by atoms with van der Waals surface area (Å²) in [6.45, 7) is 2.52. The molecule has 0 bridgehead atoms. The Morgan fingerprint density at radius 3 is 2.43 bits per heavy atom. The van der Waals surface area contributed by atoms with Crippen LogP contribution in [-0.4, -0.2) is 20.2 Å². The minimum absolute atomic E-state index is 0.0753. The Bertz CT molecular complexity index is 780. The molecule has 0 unspecified atom stereocenters. The maximum atomic E-state index is 12.6. The molecular formula is C18H15NO2S2.